The van der Waals surface area contributed by atoms with Gasteiger partial charge >= 0.3 is 0 Å². The fraction of sp³-hybridized carbons (Fsp3) is 0.600. The van der Waals surface area contributed by atoms with Gasteiger partial charge in [0.25, 0.3) is 0 Å². The summed E-state index contributed by atoms with van der Waals surface area (Å²) in [6, 6.07) is 0. The number of hydrogen-bond donors (Lipinski definition) is 2. The second-order valence-corrected chi connectivity index (χ2v) is 3.70. The van der Waals surface area contributed by atoms with Crippen molar-refractivity contribution in [2.45, 2.75) is 38.9 Å². The summed E-state index contributed by atoms with van der Waals surface area (Å²) >= 11 is 0. The molecule has 0 aromatic heterocycles. The first kappa shape index (κ1) is 13.0. The van der Waals surface area contributed by atoms with Crippen LogP contribution in [0, 0.1) is 23.7 Å². The van der Waals surface area contributed by atoms with Crippen LogP contribution in [0.5, 0.6) is 0 Å². The normalized spacial score (nSPS) is 11.0. The van der Waals surface area contributed by atoms with E-state index in [2.05, 4.69) is 33.5 Å². The summed E-state index contributed by atoms with van der Waals surface area (Å²) in [5.74, 6) is 10.1. The van der Waals surface area contributed by atoms with Crippen LogP contribution in [-0.2, 0) is 9.78 Å². The first-order valence-electron chi connectivity index (χ1n) is 4.02. The molecule has 0 aliphatic carbocycles. The van der Waals surface area contributed by atoms with Crippen LogP contribution in [0.2, 0.25) is 0 Å². The van der Waals surface area contributed by atoms with Crippen molar-refractivity contribution in [3.8, 4) is 23.7 Å². The molecule has 0 saturated carbocycles. The van der Waals surface area contributed by atoms with Crippen LogP contribution in [-0.4, -0.2) is 21.7 Å². The molecule has 0 heterocycles. The van der Waals surface area contributed by atoms with E-state index in [1.807, 2.05) is 0 Å². The molecule has 4 heteroatoms. The third kappa shape index (κ3) is 5.58. The molecule has 14 heavy (non-hydrogen) atoms. The van der Waals surface area contributed by atoms with Crippen LogP contribution in [0.1, 0.15) is 27.7 Å². The molecule has 0 fully saturated rings. The van der Waals surface area contributed by atoms with E-state index in [4.69, 9.17) is 10.5 Å². The second-order valence-electron chi connectivity index (χ2n) is 3.70. The van der Waals surface area contributed by atoms with Gasteiger partial charge in [0.15, 0.2) is 11.2 Å². The SMILES string of the molecule is CC(C)(C#CC#CC(C)(C)OO)OO. The van der Waals surface area contributed by atoms with Crippen molar-refractivity contribution in [1.29, 1.82) is 0 Å². The Bertz CT molecular complexity index is 264. The van der Waals surface area contributed by atoms with E-state index in [0.29, 0.717) is 0 Å². The molecule has 2 N–H and O–H groups in total. The molecule has 0 rings (SSSR count). The van der Waals surface area contributed by atoms with Gasteiger partial charge in [0.1, 0.15) is 0 Å². The van der Waals surface area contributed by atoms with Crippen molar-refractivity contribution >= 4 is 0 Å². The van der Waals surface area contributed by atoms with E-state index < -0.39 is 11.2 Å². The van der Waals surface area contributed by atoms with Crippen LogP contribution >= 0.6 is 0 Å². The summed E-state index contributed by atoms with van der Waals surface area (Å²) in [4.78, 5) is 8.15. The minimum absolute atomic E-state index is 0.946. The fourth-order valence-corrected chi connectivity index (χ4v) is 0.409. The highest BCUT2D eigenvalue weighted by molar-refractivity contribution is 5.31. The molecule has 0 saturated heterocycles. The molecule has 0 aromatic carbocycles. The number of rotatable bonds is 2. The molecule has 0 aliphatic heterocycles. The van der Waals surface area contributed by atoms with Gasteiger partial charge in [0.05, 0.1) is 0 Å². The monoisotopic (exact) mass is 198 g/mol. The molecule has 0 spiro atoms. The van der Waals surface area contributed by atoms with Gasteiger partial charge in [-0.25, -0.2) is 9.78 Å². The third-order valence-electron chi connectivity index (χ3n) is 1.25. The molecule has 4 nitrogen and oxygen atoms in total. The highest BCUT2D eigenvalue weighted by atomic mass is 17.1. The van der Waals surface area contributed by atoms with E-state index >= 15 is 0 Å². The van der Waals surface area contributed by atoms with E-state index in [-0.39, 0.29) is 0 Å². The van der Waals surface area contributed by atoms with Gasteiger partial charge in [-0.15, -0.1) is 0 Å². The van der Waals surface area contributed by atoms with Crippen molar-refractivity contribution in [3.63, 3.8) is 0 Å². The predicted octanol–water partition coefficient (Wildman–Crippen LogP) is 1.53. The summed E-state index contributed by atoms with van der Waals surface area (Å²) in [5.41, 5.74) is -1.89. The minimum Gasteiger partial charge on any atom is -0.250 e. The Labute approximate surface area is 83.7 Å². The van der Waals surface area contributed by atoms with Gasteiger partial charge in [-0.1, -0.05) is 11.8 Å². The molecule has 0 aromatic rings. The third-order valence-corrected chi connectivity index (χ3v) is 1.25. The summed E-state index contributed by atoms with van der Waals surface area (Å²) in [6.45, 7) is 6.37. The number of hydrogen-bond acceptors (Lipinski definition) is 4. The van der Waals surface area contributed by atoms with Gasteiger partial charge in [0.2, 0.25) is 0 Å². The predicted molar refractivity (Wildman–Crippen MR) is 51.1 cm³/mol. The average molecular weight is 198 g/mol. The summed E-state index contributed by atoms with van der Waals surface area (Å²) < 4.78 is 0. The zero-order chi connectivity index (χ0) is 11.2. The Hall–Kier alpha value is -1.04. The quantitative estimate of drug-likeness (QED) is 0.401. The van der Waals surface area contributed by atoms with Crippen molar-refractivity contribution in [2.24, 2.45) is 0 Å². The maximum Gasteiger partial charge on any atom is 0.158 e. The van der Waals surface area contributed by atoms with Gasteiger partial charge in [-0.2, -0.15) is 0 Å². The zero-order valence-electron chi connectivity index (χ0n) is 8.71. The summed E-state index contributed by atoms with van der Waals surface area (Å²) in [7, 11) is 0. The van der Waals surface area contributed by atoms with Crippen LogP contribution in [0.3, 0.4) is 0 Å². The lowest BCUT2D eigenvalue weighted by Gasteiger charge is -2.11. The maximum absolute atomic E-state index is 8.38. The van der Waals surface area contributed by atoms with Crippen LogP contribution in [0.15, 0.2) is 0 Å². The van der Waals surface area contributed by atoms with Gasteiger partial charge in [-0.3, -0.25) is 10.5 Å². The van der Waals surface area contributed by atoms with E-state index in [9.17, 15) is 0 Å². The summed E-state index contributed by atoms with van der Waals surface area (Å²) in [6.07, 6.45) is 0. The van der Waals surface area contributed by atoms with Crippen LogP contribution in [0.4, 0.5) is 0 Å². The standard InChI is InChI=1S/C10H14O4/c1-9(2,13-11)7-5-6-8-10(3,4)14-12/h11-12H,1-4H3. The van der Waals surface area contributed by atoms with Crippen LogP contribution < -0.4 is 0 Å². The Morgan fingerprint density at radius 3 is 1.29 bits per heavy atom. The molecule has 0 radical (unpaired) electrons. The molecule has 0 amide bonds. The smallest absolute Gasteiger partial charge is 0.158 e. The lowest BCUT2D eigenvalue weighted by atomic mass is 10.1. The fourth-order valence-electron chi connectivity index (χ4n) is 0.409. The first-order valence-corrected chi connectivity index (χ1v) is 4.02. The highest BCUT2D eigenvalue weighted by Gasteiger charge is 2.14. The highest BCUT2D eigenvalue weighted by Crippen LogP contribution is 2.04. The van der Waals surface area contributed by atoms with Crippen molar-refractivity contribution in [1.82, 2.24) is 0 Å². The Morgan fingerprint density at radius 1 is 0.786 bits per heavy atom. The summed E-state index contributed by atoms with van der Waals surface area (Å²) in [5, 5.41) is 16.8. The lowest BCUT2D eigenvalue weighted by Crippen LogP contribution is -2.20. The van der Waals surface area contributed by atoms with Gasteiger partial charge < -0.3 is 0 Å². The van der Waals surface area contributed by atoms with Crippen LogP contribution in [0.25, 0.3) is 0 Å². The molecule has 0 unspecified atom stereocenters. The topological polar surface area (TPSA) is 58.9 Å². The molecular weight excluding hydrogens is 184 g/mol. The Kier molecular flexibility index (Phi) is 4.62. The van der Waals surface area contributed by atoms with E-state index in [1.54, 1.807) is 27.7 Å². The van der Waals surface area contributed by atoms with Gasteiger partial charge in [-0.05, 0) is 39.5 Å². The minimum atomic E-state index is -0.946. The second kappa shape index (κ2) is 4.99. The molecule has 0 bridgehead atoms. The van der Waals surface area contributed by atoms with Crippen molar-refractivity contribution < 1.29 is 20.3 Å². The van der Waals surface area contributed by atoms with E-state index in [1.165, 1.54) is 0 Å². The molecule has 0 aliphatic rings. The van der Waals surface area contributed by atoms with E-state index in [0.717, 1.165) is 0 Å². The van der Waals surface area contributed by atoms with Crippen molar-refractivity contribution in [2.75, 3.05) is 0 Å². The Balaban J connectivity index is 4.43. The first-order chi connectivity index (χ1) is 6.33. The Morgan fingerprint density at radius 2 is 1.07 bits per heavy atom. The maximum atomic E-state index is 8.38. The lowest BCUT2D eigenvalue weighted by molar-refractivity contribution is -0.293. The molecule has 0 atom stereocenters. The largest absolute Gasteiger partial charge is 0.250 e. The molecule has 78 valence electrons. The average Bonchev–Trinajstić information content (AvgIpc) is 2.13. The van der Waals surface area contributed by atoms with Gasteiger partial charge in [0, 0.05) is 0 Å². The van der Waals surface area contributed by atoms with Crippen molar-refractivity contribution in [3.05, 3.63) is 0 Å². The molecular formula is C10H14O4. The zero-order valence-corrected chi connectivity index (χ0v) is 8.71.